The molecule has 5 rings (SSSR count). The van der Waals surface area contributed by atoms with E-state index < -0.39 is 5.91 Å². The Balaban J connectivity index is 1.50. The van der Waals surface area contributed by atoms with E-state index in [-0.39, 0.29) is 16.8 Å². The second kappa shape index (κ2) is 10.9. The van der Waals surface area contributed by atoms with Gasteiger partial charge in [-0.15, -0.1) is 0 Å². The number of anilines is 2. The lowest BCUT2D eigenvalue weighted by atomic mass is 10.1. The van der Waals surface area contributed by atoms with E-state index in [2.05, 4.69) is 10.2 Å². The molecule has 0 unspecified atom stereocenters. The summed E-state index contributed by atoms with van der Waals surface area (Å²) in [6.45, 7) is 4.43. The molecule has 9 nitrogen and oxygen atoms in total. The summed E-state index contributed by atoms with van der Waals surface area (Å²) in [4.78, 5) is 34.2. The SMILES string of the molecule is Cc1c(NC(=O)/C(C#N)=C/c2sc(N3CCOCC3)nc2-c2ccccc2)c(=O)n(-c2ccccc2)n1C. The van der Waals surface area contributed by atoms with Crippen LogP contribution in [0.1, 0.15) is 10.6 Å². The van der Waals surface area contributed by atoms with Crippen LogP contribution in [0.25, 0.3) is 23.0 Å². The Kier molecular flexibility index (Phi) is 7.22. The van der Waals surface area contributed by atoms with Gasteiger partial charge in [0, 0.05) is 25.7 Å². The van der Waals surface area contributed by atoms with E-state index in [1.54, 1.807) is 24.7 Å². The topological polar surface area (TPSA) is 105 Å². The van der Waals surface area contributed by atoms with Gasteiger partial charge in [-0.05, 0) is 25.1 Å². The second-order valence-corrected chi connectivity index (χ2v) is 9.74. The number of thiazole rings is 1. The van der Waals surface area contributed by atoms with Crippen LogP contribution in [0.5, 0.6) is 0 Å². The lowest BCUT2D eigenvalue weighted by molar-refractivity contribution is -0.112. The molecule has 2 aromatic carbocycles. The van der Waals surface area contributed by atoms with Gasteiger partial charge < -0.3 is 15.0 Å². The van der Waals surface area contributed by atoms with Crippen molar-refractivity contribution in [3.05, 3.63) is 87.2 Å². The number of morpholine rings is 1. The summed E-state index contributed by atoms with van der Waals surface area (Å²) in [5.74, 6) is -0.654. The molecule has 0 bridgehead atoms. The minimum absolute atomic E-state index is 0.117. The minimum Gasteiger partial charge on any atom is -0.378 e. The average molecular weight is 527 g/mol. The fourth-order valence-corrected chi connectivity index (χ4v) is 5.37. The van der Waals surface area contributed by atoms with Crippen LogP contribution < -0.4 is 15.8 Å². The van der Waals surface area contributed by atoms with Crippen molar-refractivity contribution in [2.45, 2.75) is 6.92 Å². The molecule has 10 heteroatoms. The molecule has 1 amide bonds. The van der Waals surface area contributed by atoms with Crippen molar-refractivity contribution in [3.63, 3.8) is 0 Å². The summed E-state index contributed by atoms with van der Waals surface area (Å²) in [5, 5.41) is 13.4. The lowest BCUT2D eigenvalue weighted by Gasteiger charge is -2.26. The standard InChI is InChI=1S/C28H26N6O3S/c1-19-24(27(36)34(32(19)2)22-11-7-4-8-12-22)30-26(35)21(18-29)17-23-25(20-9-5-3-6-10-20)31-28(38-23)33-13-15-37-16-14-33/h3-12,17H,13-16H2,1-2H3,(H,30,35)/b21-17+. The van der Waals surface area contributed by atoms with Crippen molar-refractivity contribution in [1.29, 1.82) is 5.26 Å². The van der Waals surface area contributed by atoms with E-state index in [9.17, 15) is 14.9 Å². The number of benzene rings is 2. The number of hydrogen-bond acceptors (Lipinski definition) is 7. The Hall–Kier alpha value is -4.46. The number of rotatable bonds is 6. The van der Waals surface area contributed by atoms with Gasteiger partial charge >= 0.3 is 0 Å². The lowest BCUT2D eigenvalue weighted by Crippen LogP contribution is -2.36. The maximum Gasteiger partial charge on any atom is 0.295 e. The van der Waals surface area contributed by atoms with Gasteiger partial charge in [0.05, 0.1) is 35.2 Å². The summed E-state index contributed by atoms with van der Waals surface area (Å²) in [5.41, 5.74) is 2.46. The highest BCUT2D eigenvalue weighted by atomic mass is 32.1. The quantitative estimate of drug-likeness (QED) is 0.301. The Morgan fingerprint density at radius 3 is 2.42 bits per heavy atom. The number of carbonyl (C=O) groups excluding carboxylic acids is 1. The molecule has 0 saturated carbocycles. The normalized spacial score (nSPS) is 13.8. The summed E-state index contributed by atoms with van der Waals surface area (Å²) >= 11 is 1.42. The Morgan fingerprint density at radius 2 is 1.76 bits per heavy atom. The van der Waals surface area contributed by atoms with E-state index in [0.717, 1.165) is 23.8 Å². The first-order valence-electron chi connectivity index (χ1n) is 12.1. The third-order valence-corrected chi connectivity index (χ3v) is 7.47. The number of aromatic nitrogens is 3. The van der Waals surface area contributed by atoms with Crippen LogP contribution in [-0.2, 0) is 16.6 Å². The van der Waals surface area contributed by atoms with Gasteiger partial charge in [-0.3, -0.25) is 14.3 Å². The highest BCUT2D eigenvalue weighted by molar-refractivity contribution is 7.17. The molecular formula is C28H26N6O3S. The Bertz CT molecular complexity index is 1590. The first kappa shape index (κ1) is 25.2. The summed E-state index contributed by atoms with van der Waals surface area (Å²) < 4.78 is 8.62. The third-order valence-electron chi connectivity index (χ3n) is 6.40. The van der Waals surface area contributed by atoms with E-state index in [0.29, 0.717) is 35.2 Å². The highest BCUT2D eigenvalue weighted by Crippen LogP contribution is 2.35. The molecule has 1 N–H and O–H groups in total. The van der Waals surface area contributed by atoms with Crippen LogP contribution in [0.15, 0.2) is 71.0 Å². The van der Waals surface area contributed by atoms with Gasteiger partial charge in [-0.25, -0.2) is 9.67 Å². The largest absolute Gasteiger partial charge is 0.378 e. The molecule has 1 fully saturated rings. The fourth-order valence-electron chi connectivity index (χ4n) is 4.28. The molecule has 4 aromatic rings. The van der Waals surface area contributed by atoms with Gasteiger partial charge in [-0.2, -0.15) is 5.26 Å². The van der Waals surface area contributed by atoms with Crippen molar-refractivity contribution in [2.75, 3.05) is 36.5 Å². The van der Waals surface area contributed by atoms with Crippen LogP contribution in [0.2, 0.25) is 0 Å². The maximum atomic E-state index is 13.3. The van der Waals surface area contributed by atoms with Crippen LogP contribution in [0.4, 0.5) is 10.8 Å². The van der Waals surface area contributed by atoms with Gasteiger partial charge in [0.2, 0.25) is 0 Å². The molecule has 192 valence electrons. The van der Waals surface area contributed by atoms with Crippen molar-refractivity contribution < 1.29 is 9.53 Å². The molecule has 1 aliphatic heterocycles. The number of nitrogens with zero attached hydrogens (tertiary/aromatic N) is 5. The molecule has 1 saturated heterocycles. The monoisotopic (exact) mass is 526 g/mol. The average Bonchev–Trinajstić information content (AvgIpc) is 3.47. The van der Waals surface area contributed by atoms with Crippen LogP contribution >= 0.6 is 11.3 Å². The zero-order valence-corrected chi connectivity index (χ0v) is 21.9. The molecule has 0 spiro atoms. The highest BCUT2D eigenvalue weighted by Gasteiger charge is 2.22. The van der Waals surface area contributed by atoms with Gasteiger partial charge in [0.15, 0.2) is 5.13 Å². The van der Waals surface area contributed by atoms with Crippen molar-refractivity contribution >= 4 is 34.1 Å². The maximum absolute atomic E-state index is 13.3. The smallest absolute Gasteiger partial charge is 0.295 e. The second-order valence-electron chi connectivity index (χ2n) is 8.74. The fraction of sp³-hybridized carbons (Fsp3) is 0.214. The first-order chi connectivity index (χ1) is 18.5. The van der Waals surface area contributed by atoms with Gasteiger partial charge in [0.1, 0.15) is 17.3 Å². The predicted octanol–water partition coefficient (Wildman–Crippen LogP) is 3.99. The van der Waals surface area contributed by atoms with E-state index >= 15 is 0 Å². The first-order valence-corrected chi connectivity index (χ1v) is 13.0. The minimum atomic E-state index is -0.654. The van der Waals surface area contributed by atoms with Crippen molar-refractivity contribution in [3.8, 4) is 23.0 Å². The van der Waals surface area contributed by atoms with Crippen molar-refractivity contribution in [1.82, 2.24) is 14.3 Å². The van der Waals surface area contributed by atoms with Crippen LogP contribution in [0.3, 0.4) is 0 Å². The molecule has 1 aliphatic rings. The number of ether oxygens (including phenoxy) is 1. The van der Waals surface area contributed by atoms with Gasteiger partial charge in [-0.1, -0.05) is 59.9 Å². The predicted molar refractivity (Wildman–Crippen MR) is 149 cm³/mol. The van der Waals surface area contributed by atoms with E-state index in [1.807, 2.05) is 66.7 Å². The summed E-state index contributed by atoms with van der Waals surface area (Å²) in [7, 11) is 1.75. The number of nitriles is 1. The zero-order valence-electron chi connectivity index (χ0n) is 21.0. The number of hydrogen-bond donors (Lipinski definition) is 1. The Labute approximate surface area is 223 Å². The summed E-state index contributed by atoms with van der Waals surface area (Å²) in [6.07, 6.45) is 1.55. The van der Waals surface area contributed by atoms with E-state index in [4.69, 9.17) is 9.72 Å². The molecule has 3 heterocycles. The zero-order chi connectivity index (χ0) is 26.6. The number of nitrogens with one attached hydrogen (secondary N) is 1. The van der Waals surface area contributed by atoms with Crippen molar-refractivity contribution in [2.24, 2.45) is 7.05 Å². The third kappa shape index (κ3) is 4.89. The molecule has 2 aromatic heterocycles. The molecule has 0 atom stereocenters. The molecule has 0 radical (unpaired) electrons. The Morgan fingerprint density at radius 1 is 1.11 bits per heavy atom. The number of carbonyl (C=O) groups is 1. The van der Waals surface area contributed by atoms with E-state index in [1.165, 1.54) is 16.0 Å². The molecule has 0 aliphatic carbocycles. The van der Waals surface area contributed by atoms with Crippen LogP contribution in [0, 0.1) is 18.3 Å². The number of amides is 1. The molecule has 38 heavy (non-hydrogen) atoms. The molecular weight excluding hydrogens is 500 g/mol. The number of para-hydroxylation sites is 1. The van der Waals surface area contributed by atoms with Gasteiger partial charge in [0.25, 0.3) is 11.5 Å². The van der Waals surface area contributed by atoms with Crippen LogP contribution in [-0.4, -0.2) is 46.6 Å². The summed E-state index contributed by atoms with van der Waals surface area (Å²) in [6, 6.07) is 20.8.